The third kappa shape index (κ3) is 2.50. The number of aromatic nitrogens is 2. The maximum atomic E-state index is 12.9. The minimum atomic E-state index is 0.103. The standard InChI is InChI=1S/C19H19N3O/c1-14-11-17(15-5-3-2-4-6-15)13-22(14)19(23)16-7-8-18-20-9-10-21(18)12-16/h2-10,12,14,17H,11,13H2,1H3. The molecule has 0 aliphatic carbocycles. The van der Waals surface area contributed by atoms with Crippen molar-refractivity contribution in [3.05, 3.63) is 72.2 Å². The van der Waals surface area contributed by atoms with Crippen molar-refractivity contribution < 1.29 is 4.79 Å². The molecule has 1 aromatic carbocycles. The Bertz CT molecular complexity index is 840. The van der Waals surface area contributed by atoms with Gasteiger partial charge >= 0.3 is 0 Å². The van der Waals surface area contributed by atoms with Gasteiger partial charge in [-0.3, -0.25) is 4.79 Å². The van der Waals surface area contributed by atoms with E-state index in [0.29, 0.717) is 5.92 Å². The molecule has 0 spiro atoms. The lowest BCUT2D eigenvalue weighted by atomic mass is 9.97. The Balaban J connectivity index is 1.58. The van der Waals surface area contributed by atoms with Gasteiger partial charge in [0.1, 0.15) is 5.65 Å². The second kappa shape index (κ2) is 5.54. The van der Waals surface area contributed by atoms with Crippen molar-refractivity contribution in [3.63, 3.8) is 0 Å². The van der Waals surface area contributed by atoms with E-state index in [1.807, 2.05) is 39.9 Å². The van der Waals surface area contributed by atoms with Crippen molar-refractivity contribution >= 4 is 11.6 Å². The molecule has 0 N–H and O–H groups in total. The predicted molar refractivity (Wildman–Crippen MR) is 89.5 cm³/mol. The fourth-order valence-electron chi connectivity index (χ4n) is 3.49. The molecular weight excluding hydrogens is 286 g/mol. The van der Waals surface area contributed by atoms with E-state index >= 15 is 0 Å². The van der Waals surface area contributed by atoms with E-state index < -0.39 is 0 Å². The van der Waals surface area contributed by atoms with Crippen LogP contribution in [0.4, 0.5) is 0 Å². The average Bonchev–Trinajstić information content (AvgIpc) is 3.20. The number of carbonyl (C=O) groups excluding carboxylic acids is 1. The minimum absolute atomic E-state index is 0.103. The van der Waals surface area contributed by atoms with Crippen LogP contribution < -0.4 is 0 Å². The Morgan fingerprint density at radius 1 is 1.17 bits per heavy atom. The molecule has 1 fully saturated rings. The molecule has 3 heterocycles. The lowest BCUT2D eigenvalue weighted by molar-refractivity contribution is 0.0745. The van der Waals surface area contributed by atoms with Crippen LogP contribution in [0.2, 0.25) is 0 Å². The zero-order chi connectivity index (χ0) is 15.8. The molecule has 116 valence electrons. The number of benzene rings is 1. The van der Waals surface area contributed by atoms with Gasteiger partial charge in [0.15, 0.2) is 0 Å². The third-order valence-electron chi connectivity index (χ3n) is 4.74. The van der Waals surface area contributed by atoms with Crippen LogP contribution in [0.15, 0.2) is 61.1 Å². The van der Waals surface area contributed by atoms with Crippen molar-refractivity contribution in [3.8, 4) is 0 Å². The summed E-state index contributed by atoms with van der Waals surface area (Å²) in [4.78, 5) is 19.1. The summed E-state index contributed by atoms with van der Waals surface area (Å²) in [7, 11) is 0. The van der Waals surface area contributed by atoms with Gasteiger partial charge in [-0.25, -0.2) is 4.98 Å². The monoisotopic (exact) mass is 305 g/mol. The van der Waals surface area contributed by atoms with E-state index in [1.165, 1.54) is 5.56 Å². The zero-order valence-electron chi connectivity index (χ0n) is 13.1. The number of nitrogens with zero attached hydrogens (tertiary/aromatic N) is 3. The van der Waals surface area contributed by atoms with Crippen LogP contribution >= 0.6 is 0 Å². The normalized spacial score (nSPS) is 21.0. The van der Waals surface area contributed by atoms with E-state index in [9.17, 15) is 4.79 Å². The lowest BCUT2D eigenvalue weighted by Gasteiger charge is -2.21. The van der Waals surface area contributed by atoms with Gasteiger partial charge in [-0.2, -0.15) is 0 Å². The Hall–Kier alpha value is -2.62. The van der Waals surface area contributed by atoms with Crippen LogP contribution in [-0.2, 0) is 0 Å². The maximum Gasteiger partial charge on any atom is 0.255 e. The van der Waals surface area contributed by atoms with Gasteiger partial charge in [-0.1, -0.05) is 30.3 Å². The van der Waals surface area contributed by atoms with Crippen molar-refractivity contribution in [1.29, 1.82) is 0 Å². The molecule has 3 aromatic rings. The van der Waals surface area contributed by atoms with Gasteiger partial charge in [0.05, 0.1) is 5.56 Å². The van der Waals surface area contributed by atoms with Crippen molar-refractivity contribution in [2.24, 2.45) is 0 Å². The molecular formula is C19H19N3O. The smallest absolute Gasteiger partial charge is 0.255 e. The fourth-order valence-corrected chi connectivity index (χ4v) is 3.49. The summed E-state index contributed by atoms with van der Waals surface area (Å²) in [6.45, 7) is 2.92. The van der Waals surface area contributed by atoms with Crippen LogP contribution in [-0.4, -0.2) is 32.8 Å². The molecule has 1 amide bonds. The van der Waals surface area contributed by atoms with Crippen molar-refractivity contribution in [1.82, 2.24) is 14.3 Å². The van der Waals surface area contributed by atoms with Crippen LogP contribution in [0.5, 0.6) is 0 Å². The van der Waals surface area contributed by atoms with Crippen LogP contribution in [0, 0.1) is 0 Å². The van der Waals surface area contributed by atoms with E-state index in [4.69, 9.17) is 0 Å². The van der Waals surface area contributed by atoms with Crippen molar-refractivity contribution in [2.45, 2.75) is 25.3 Å². The number of pyridine rings is 1. The third-order valence-corrected chi connectivity index (χ3v) is 4.74. The topological polar surface area (TPSA) is 37.6 Å². The quantitative estimate of drug-likeness (QED) is 0.728. The summed E-state index contributed by atoms with van der Waals surface area (Å²) in [6.07, 6.45) is 6.50. The second-order valence-corrected chi connectivity index (χ2v) is 6.26. The SMILES string of the molecule is CC1CC(c2ccccc2)CN1C(=O)c1ccc2nccn2c1. The molecule has 4 nitrogen and oxygen atoms in total. The summed E-state index contributed by atoms with van der Waals surface area (Å²) in [6, 6.07) is 14.5. The number of imidazole rings is 1. The summed E-state index contributed by atoms with van der Waals surface area (Å²) in [5.74, 6) is 0.527. The number of rotatable bonds is 2. The first kappa shape index (κ1) is 14.0. The molecule has 4 heteroatoms. The summed E-state index contributed by atoms with van der Waals surface area (Å²) in [5.41, 5.74) is 2.90. The van der Waals surface area contributed by atoms with Gasteiger partial charge in [0.25, 0.3) is 5.91 Å². The minimum Gasteiger partial charge on any atom is -0.335 e. The number of amides is 1. The van der Waals surface area contributed by atoms with Gasteiger partial charge < -0.3 is 9.30 Å². The Labute approximate surface area is 135 Å². The molecule has 0 saturated carbocycles. The number of fused-ring (bicyclic) bond motifs is 1. The number of hydrogen-bond donors (Lipinski definition) is 0. The molecule has 1 saturated heterocycles. The van der Waals surface area contributed by atoms with Crippen molar-refractivity contribution in [2.75, 3.05) is 6.54 Å². The highest BCUT2D eigenvalue weighted by Crippen LogP contribution is 2.32. The molecule has 2 aromatic heterocycles. The van der Waals surface area contributed by atoms with E-state index in [1.54, 1.807) is 6.20 Å². The first-order valence-corrected chi connectivity index (χ1v) is 8.01. The van der Waals surface area contributed by atoms with Gasteiger partial charge in [0, 0.05) is 37.1 Å². The summed E-state index contributed by atoms with van der Waals surface area (Å²) < 4.78 is 1.89. The molecule has 2 atom stereocenters. The highest BCUT2D eigenvalue weighted by molar-refractivity contribution is 5.94. The second-order valence-electron chi connectivity index (χ2n) is 6.26. The predicted octanol–water partition coefficient (Wildman–Crippen LogP) is 3.35. The Kier molecular flexibility index (Phi) is 3.37. The molecule has 2 unspecified atom stereocenters. The van der Waals surface area contributed by atoms with Crippen LogP contribution in [0.25, 0.3) is 5.65 Å². The first-order chi connectivity index (χ1) is 11.2. The van der Waals surface area contributed by atoms with Gasteiger partial charge in [0.2, 0.25) is 0 Å². The molecule has 0 radical (unpaired) electrons. The van der Waals surface area contributed by atoms with Crippen LogP contribution in [0.3, 0.4) is 0 Å². The number of carbonyl (C=O) groups is 1. The highest BCUT2D eigenvalue weighted by atomic mass is 16.2. The number of likely N-dealkylation sites (tertiary alicyclic amines) is 1. The fraction of sp³-hybridized carbons (Fsp3) is 0.263. The molecule has 0 bridgehead atoms. The molecule has 23 heavy (non-hydrogen) atoms. The lowest BCUT2D eigenvalue weighted by Crippen LogP contribution is -2.34. The molecule has 1 aliphatic rings. The molecule has 4 rings (SSSR count). The number of hydrogen-bond acceptors (Lipinski definition) is 2. The van der Waals surface area contributed by atoms with Gasteiger partial charge in [-0.05, 0) is 31.0 Å². The van der Waals surface area contributed by atoms with E-state index in [0.717, 1.165) is 24.2 Å². The van der Waals surface area contributed by atoms with E-state index in [-0.39, 0.29) is 11.9 Å². The summed E-state index contributed by atoms with van der Waals surface area (Å²) >= 11 is 0. The Morgan fingerprint density at radius 2 is 2.00 bits per heavy atom. The molecule has 1 aliphatic heterocycles. The first-order valence-electron chi connectivity index (χ1n) is 8.01. The summed E-state index contributed by atoms with van der Waals surface area (Å²) in [5, 5.41) is 0. The van der Waals surface area contributed by atoms with E-state index in [2.05, 4.69) is 36.2 Å². The maximum absolute atomic E-state index is 12.9. The largest absolute Gasteiger partial charge is 0.335 e. The average molecular weight is 305 g/mol. The zero-order valence-corrected chi connectivity index (χ0v) is 13.1. The highest BCUT2D eigenvalue weighted by Gasteiger charge is 2.33. The van der Waals surface area contributed by atoms with Crippen LogP contribution in [0.1, 0.15) is 35.2 Å². The Morgan fingerprint density at radius 3 is 2.83 bits per heavy atom. The van der Waals surface area contributed by atoms with Gasteiger partial charge in [-0.15, -0.1) is 0 Å².